The lowest BCUT2D eigenvalue weighted by Crippen LogP contribution is -2.54. The number of carbonyl (C=O) groups is 5. The van der Waals surface area contributed by atoms with Crippen LogP contribution < -0.4 is 26.0 Å². The van der Waals surface area contributed by atoms with Gasteiger partial charge in [-0.1, -0.05) is 19.1 Å². The van der Waals surface area contributed by atoms with Crippen LogP contribution in [0.4, 0.5) is 11.4 Å². The Morgan fingerprint density at radius 1 is 0.800 bits per heavy atom. The van der Waals surface area contributed by atoms with Crippen LogP contribution in [0.3, 0.4) is 0 Å². The molecule has 3 aromatic heterocycles. The molecule has 1 saturated carbocycles. The van der Waals surface area contributed by atoms with E-state index in [9.17, 15) is 28.8 Å². The van der Waals surface area contributed by atoms with Gasteiger partial charge >= 0.3 is 0 Å². The third-order valence-corrected chi connectivity index (χ3v) is 13.9. The number of benzene rings is 1. The van der Waals surface area contributed by atoms with E-state index >= 15 is 0 Å². The molecule has 1 aliphatic carbocycles. The minimum atomic E-state index is -0.993. The van der Waals surface area contributed by atoms with Gasteiger partial charge in [0, 0.05) is 99.6 Å². The predicted molar refractivity (Wildman–Crippen MR) is 244 cm³/mol. The molecule has 0 spiro atoms. The number of carbonyl (C=O) groups excluding carboxylic acids is 5. The molecule has 4 aromatic rings. The van der Waals surface area contributed by atoms with Gasteiger partial charge in [-0.05, 0) is 98.7 Å². The quantitative estimate of drug-likeness (QED) is 0.195. The molecule has 1 unspecified atom stereocenters. The van der Waals surface area contributed by atoms with Crippen molar-refractivity contribution in [3.8, 4) is 0 Å². The van der Waals surface area contributed by atoms with Gasteiger partial charge in [-0.3, -0.25) is 48.9 Å². The zero-order chi connectivity index (χ0) is 44.8. The van der Waals surface area contributed by atoms with Gasteiger partial charge in [-0.25, -0.2) is 4.98 Å². The first-order valence-corrected chi connectivity index (χ1v) is 22.8. The Kier molecular flexibility index (Phi) is 11.4. The monoisotopic (exact) mass is 876 g/mol. The average molecular weight is 877 g/mol. The number of aromatic nitrogens is 3. The van der Waals surface area contributed by atoms with Gasteiger partial charge in [0.05, 0.1) is 34.0 Å². The molecular weight excluding hydrogens is 825 g/mol. The molecule has 334 valence electrons. The maximum absolute atomic E-state index is 13.5. The van der Waals surface area contributed by atoms with Crippen molar-refractivity contribution in [2.45, 2.75) is 76.5 Å². The summed E-state index contributed by atoms with van der Waals surface area (Å²) in [6.07, 6.45) is 18.5. The van der Waals surface area contributed by atoms with E-state index in [1.807, 2.05) is 49.5 Å². The number of pyridine rings is 3. The SMILES string of the molecule is CCc1cc2ncc(CN3CCN(c4ccc(C(=O)NC5CC(C6=CC=CC=CN6C6CCN(c7ccc8c(c7)C(=O)N(C7CCC(=O)NC7=O)C8=O)CC6)C5)nc4)CC3)cc2[nH]c1=O. The van der Waals surface area contributed by atoms with E-state index in [1.165, 1.54) is 5.70 Å². The number of allylic oxidation sites excluding steroid dienone is 5. The predicted octanol–water partition coefficient (Wildman–Crippen LogP) is 4.05. The highest BCUT2D eigenvalue weighted by Gasteiger charge is 2.45. The molecule has 0 bridgehead atoms. The van der Waals surface area contributed by atoms with Gasteiger partial charge in [0.1, 0.15) is 11.7 Å². The Labute approximate surface area is 376 Å². The Bertz CT molecular complexity index is 2720. The molecule has 3 N–H and O–H groups in total. The first kappa shape index (κ1) is 42.0. The molecule has 8 heterocycles. The van der Waals surface area contributed by atoms with Crippen LogP contribution >= 0.6 is 0 Å². The lowest BCUT2D eigenvalue weighted by Gasteiger charge is -2.45. The van der Waals surface area contributed by atoms with Crippen molar-refractivity contribution < 1.29 is 24.0 Å². The van der Waals surface area contributed by atoms with Crippen LogP contribution in [0.5, 0.6) is 0 Å². The molecule has 10 rings (SSSR count). The number of rotatable bonds is 10. The molecular formula is C49H52N10O6. The fourth-order valence-electron chi connectivity index (χ4n) is 10.2. The minimum Gasteiger partial charge on any atom is -0.371 e. The number of aryl methyl sites for hydroxylation is 1. The van der Waals surface area contributed by atoms with Crippen LogP contribution in [-0.4, -0.2) is 117 Å². The Morgan fingerprint density at radius 2 is 1.57 bits per heavy atom. The van der Waals surface area contributed by atoms with E-state index in [2.05, 4.69) is 69.6 Å². The zero-order valence-corrected chi connectivity index (χ0v) is 36.4. The van der Waals surface area contributed by atoms with Crippen LogP contribution in [0.25, 0.3) is 11.0 Å². The summed E-state index contributed by atoms with van der Waals surface area (Å²) < 4.78 is 0. The van der Waals surface area contributed by atoms with Crippen molar-refractivity contribution in [2.75, 3.05) is 49.1 Å². The summed E-state index contributed by atoms with van der Waals surface area (Å²) >= 11 is 0. The van der Waals surface area contributed by atoms with Crippen molar-refractivity contribution >= 4 is 51.9 Å². The largest absolute Gasteiger partial charge is 0.371 e. The third-order valence-electron chi connectivity index (χ3n) is 13.9. The van der Waals surface area contributed by atoms with Crippen LogP contribution in [0.15, 0.2) is 95.9 Å². The minimum absolute atomic E-state index is 0.0510. The van der Waals surface area contributed by atoms with E-state index < -0.39 is 29.7 Å². The number of anilines is 2. The molecule has 6 aliphatic rings. The van der Waals surface area contributed by atoms with Gasteiger partial charge < -0.3 is 25.0 Å². The molecule has 3 saturated heterocycles. The van der Waals surface area contributed by atoms with Gasteiger partial charge in [0.25, 0.3) is 23.3 Å². The van der Waals surface area contributed by atoms with E-state index in [0.717, 1.165) is 110 Å². The van der Waals surface area contributed by atoms with Crippen LogP contribution in [0.2, 0.25) is 0 Å². The fraction of sp³-hybridized carbons (Fsp3) is 0.388. The van der Waals surface area contributed by atoms with Crippen molar-refractivity contribution in [2.24, 2.45) is 5.92 Å². The number of piperidine rings is 2. The molecule has 16 heteroatoms. The smallest absolute Gasteiger partial charge is 0.270 e. The molecule has 5 aliphatic heterocycles. The molecule has 1 atom stereocenters. The zero-order valence-electron chi connectivity index (χ0n) is 36.4. The normalized spacial score (nSPS) is 22.8. The number of piperazine rings is 1. The van der Waals surface area contributed by atoms with E-state index in [-0.39, 0.29) is 47.5 Å². The molecule has 4 fully saturated rings. The van der Waals surface area contributed by atoms with Gasteiger partial charge in [-0.15, -0.1) is 0 Å². The molecule has 1 aromatic carbocycles. The number of hydrogen-bond donors (Lipinski definition) is 3. The van der Waals surface area contributed by atoms with Crippen molar-refractivity contribution in [1.82, 2.24) is 40.3 Å². The first-order chi connectivity index (χ1) is 31.6. The summed E-state index contributed by atoms with van der Waals surface area (Å²) in [5.74, 6) is -1.89. The van der Waals surface area contributed by atoms with Crippen molar-refractivity contribution in [3.63, 3.8) is 0 Å². The Morgan fingerprint density at radius 3 is 2.32 bits per heavy atom. The number of nitrogens with zero attached hydrogens (tertiary/aromatic N) is 7. The topological polar surface area (TPSA) is 184 Å². The highest BCUT2D eigenvalue weighted by atomic mass is 16.2. The number of H-pyrrole nitrogens is 1. The summed E-state index contributed by atoms with van der Waals surface area (Å²) in [5, 5.41) is 5.47. The number of fused-ring (bicyclic) bond motifs is 2. The highest BCUT2D eigenvalue weighted by Crippen LogP contribution is 2.39. The number of imide groups is 2. The summed E-state index contributed by atoms with van der Waals surface area (Å²) in [4.78, 5) is 99.1. The summed E-state index contributed by atoms with van der Waals surface area (Å²) in [6.45, 7) is 7.63. The summed E-state index contributed by atoms with van der Waals surface area (Å²) in [6, 6.07) is 12.3. The van der Waals surface area contributed by atoms with E-state index in [0.29, 0.717) is 18.0 Å². The molecule has 5 amide bonds. The van der Waals surface area contributed by atoms with Crippen LogP contribution in [0, 0.1) is 5.92 Å². The van der Waals surface area contributed by atoms with Gasteiger partial charge in [-0.2, -0.15) is 0 Å². The van der Waals surface area contributed by atoms with Crippen molar-refractivity contribution in [3.05, 3.63) is 129 Å². The Balaban J connectivity index is 0.691. The molecule has 0 radical (unpaired) electrons. The van der Waals surface area contributed by atoms with E-state index in [1.54, 1.807) is 18.3 Å². The number of amides is 5. The standard InChI is InChI=1S/C49H52N10O6/c1-2-31-25-40-41(53-45(31)61)22-30(27-50-40)29-55-18-20-57(21-19-55)36-8-10-39(51-28-36)46(62)52-33-23-32(24-33)42-6-4-3-5-15-58(42)34-13-16-56(17-14-34)35-7-9-37-38(26-35)49(65)59(48(37)64)43-11-12-44(60)54-47(43)63/h3-10,15,22,25-28,32-34,43H,2,11-14,16-21,23-24,29H2,1H3,(H,52,62)(H,53,61)(H,54,60,63). The summed E-state index contributed by atoms with van der Waals surface area (Å²) in [7, 11) is 0. The second kappa shape index (κ2) is 17.6. The van der Waals surface area contributed by atoms with Crippen molar-refractivity contribution in [1.29, 1.82) is 0 Å². The highest BCUT2D eigenvalue weighted by molar-refractivity contribution is 6.23. The fourth-order valence-corrected chi connectivity index (χ4v) is 10.2. The summed E-state index contributed by atoms with van der Waals surface area (Å²) in [5.41, 5.74) is 7.38. The van der Waals surface area contributed by atoms with E-state index in [4.69, 9.17) is 0 Å². The number of aromatic amines is 1. The first-order valence-electron chi connectivity index (χ1n) is 22.8. The second-order valence-corrected chi connectivity index (χ2v) is 17.9. The maximum atomic E-state index is 13.5. The third kappa shape index (κ3) is 8.34. The number of hydrogen-bond acceptors (Lipinski definition) is 12. The van der Waals surface area contributed by atoms with Gasteiger partial charge in [0.2, 0.25) is 11.8 Å². The lowest BCUT2D eigenvalue weighted by atomic mass is 9.77. The van der Waals surface area contributed by atoms with Crippen LogP contribution in [0.1, 0.15) is 87.8 Å². The maximum Gasteiger partial charge on any atom is 0.270 e. The second-order valence-electron chi connectivity index (χ2n) is 17.9. The van der Waals surface area contributed by atoms with Crippen LogP contribution in [-0.2, 0) is 22.6 Å². The lowest BCUT2D eigenvalue weighted by molar-refractivity contribution is -0.136. The number of nitrogens with one attached hydrogen (secondary N) is 3. The molecule has 65 heavy (non-hydrogen) atoms. The molecule has 16 nitrogen and oxygen atoms in total. The average Bonchev–Trinajstić information content (AvgIpc) is 3.42. The Hall–Kier alpha value is -6.94. The van der Waals surface area contributed by atoms with Gasteiger partial charge in [0.15, 0.2) is 0 Å².